The lowest BCUT2D eigenvalue weighted by Gasteiger charge is -2.26. The quantitative estimate of drug-likeness (QED) is 0.456. The van der Waals surface area contributed by atoms with Crippen molar-refractivity contribution in [2.75, 3.05) is 26.2 Å². The second kappa shape index (κ2) is 12.3. The Morgan fingerprint density at radius 1 is 1.09 bits per heavy atom. The Balaban J connectivity index is 1.86. The number of fused-ring (bicyclic) bond motifs is 1. The summed E-state index contributed by atoms with van der Waals surface area (Å²) in [6, 6.07) is 1.05. The van der Waals surface area contributed by atoms with Crippen molar-refractivity contribution < 1.29 is 24.6 Å². The first kappa shape index (κ1) is 24.6. The SMILES string of the molecule is O=C1NCC/C=C/CC/C=C/C(=N\OCC(=O)N2CCCCC2)Cc2c(Cl)c(O)cc(O)c21. The highest BCUT2D eigenvalue weighted by Gasteiger charge is 2.23. The predicted octanol–water partition coefficient (Wildman–Crippen LogP) is 3.70. The van der Waals surface area contributed by atoms with Crippen LogP contribution in [0.1, 0.15) is 54.4 Å². The van der Waals surface area contributed by atoms with Crippen LogP contribution in [0.15, 0.2) is 35.5 Å². The molecule has 0 aromatic heterocycles. The summed E-state index contributed by atoms with van der Waals surface area (Å²) >= 11 is 6.32. The van der Waals surface area contributed by atoms with Gasteiger partial charge in [-0.15, -0.1) is 0 Å². The number of aromatic hydroxyl groups is 2. The number of rotatable bonds is 3. The van der Waals surface area contributed by atoms with Crippen molar-refractivity contribution in [1.29, 1.82) is 0 Å². The Kier molecular flexibility index (Phi) is 9.18. The molecule has 0 atom stereocenters. The second-order valence-electron chi connectivity index (χ2n) is 8.05. The lowest BCUT2D eigenvalue weighted by Crippen LogP contribution is -2.37. The third kappa shape index (κ3) is 6.99. The van der Waals surface area contributed by atoms with Crippen molar-refractivity contribution in [2.45, 2.75) is 44.9 Å². The molecule has 0 unspecified atom stereocenters. The van der Waals surface area contributed by atoms with Gasteiger partial charge in [-0.2, -0.15) is 0 Å². The third-order valence-corrected chi connectivity index (χ3v) is 5.98. The molecule has 1 saturated heterocycles. The number of allylic oxidation sites excluding steroid dienone is 3. The van der Waals surface area contributed by atoms with Crippen LogP contribution in [-0.2, 0) is 16.1 Å². The molecular formula is C24H30ClN3O5. The molecule has 3 rings (SSSR count). The van der Waals surface area contributed by atoms with Gasteiger partial charge in [0.05, 0.1) is 16.3 Å². The van der Waals surface area contributed by atoms with Crippen molar-refractivity contribution >= 4 is 29.1 Å². The van der Waals surface area contributed by atoms with E-state index in [9.17, 15) is 19.8 Å². The number of likely N-dealkylation sites (tertiary alicyclic amines) is 1. The molecule has 8 nitrogen and oxygen atoms in total. The molecule has 0 radical (unpaired) electrons. The van der Waals surface area contributed by atoms with Gasteiger partial charge in [-0.3, -0.25) is 9.59 Å². The summed E-state index contributed by atoms with van der Waals surface area (Å²) in [5, 5.41) is 27.3. The van der Waals surface area contributed by atoms with Crippen LogP contribution >= 0.6 is 11.6 Å². The van der Waals surface area contributed by atoms with Gasteiger partial charge in [0.2, 0.25) is 0 Å². The Morgan fingerprint density at radius 2 is 1.82 bits per heavy atom. The Bertz CT molecular complexity index is 952. The molecule has 1 aromatic carbocycles. The molecule has 0 saturated carbocycles. The van der Waals surface area contributed by atoms with Crippen molar-refractivity contribution in [3.63, 3.8) is 0 Å². The number of benzene rings is 1. The Hall–Kier alpha value is -3.00. The fourth-order valence-corrected chi connectivity index (χ4v) is 4.03. The van der Waals surface area contributed by atoms with Crippen molar-refractivity contribution in [1.82, 2.24) is 10.2 Å². The molecule has 1 aromatic rings. The average Bonchev–Trinajstić information content (AvgIpc) is 2.80. The van der Waals surface area contributed by atoms with Crippen LogP contribution < -0.4 is 5.32 Å². The first-order valence-corrected chi connectivity index (χ1v) is 11.6. The minimum absolute atomic E-state index is 0.0216. The van der Waals surface area contributed by atoms with E-state index in [-0.39, 0.29) is 46.6 Å². The number of hydrogen-bond acceptors (Lipinski definition) is 6. The van der Waals surface area contributed by atoms with E-state index in [4.69, 9.17) is 16.4 Å². The van der Waals surface area contributed by atoms with Crippen molar-refractivity contribution in [3.8, 4) is 11.5 Å². The van der Waals surface area contributed by atoms with Crippen LogP contribution in [0.2, 0.25) is 5.02 Å². The zero-order chi connectivity index (χ0) is 23.6. The van der Waals surface area contributed by atoms with Gasteiger partial charge in [-0.25, -0.2) is 0 Å². The molecule has 0 aliphatic carbocycles. The zero-order valence-corrected chi connectivity index (χ0v) is 19.3. The van der Waals surface area contributed by atoms with Crippen LogP contribution in [0, 0.1) is 0 Å². The fraction of sp³-hybridized carbons (Fsp3) is 0.458. The highest BCUT2D eigenvalue weighted by Crippen LogP contribution is 2.36. The van der Waals surface area contributed by atoms with Crippen LogP contribution in [0.3, 0.4) is 0 Å². The number of hydrogen-bond donors (Lipinski definition) is 3. The fourth-order valence-electron chi connectivity index (χ4n) is 3.82. The number of nitrogens with zero attached hydrogens (tertiary/aromatic N) is 2. The Labute approximate surface area is 198 Å². The molecular weight excluding hydrogens is 446 g/mol. The standard InChI is InChI=1S/C24H30ClN3O5/c25-23-18-14-17(27-33-16-21(31)28-12-8-5-9-13-28)10-6-3-1-2-4-7-11-26-24(32)22(18)19(29)15-20(23)30/h2,4,6,10,15,29-30H,1,3,5,7-9,11-14,16H2,(H,26,32)/b4-2+,10-6+,27-17+. The van der Waals surface area contributed by atoms with Gasteiger partial charge in [0.1, 0.15) is 11.5 Å². The van der Waals surface area contributed by atoms with E-state index < -0.39 is 5.91 Å². The Morgan fingerprint density at radius 3 is 2.61 bits per heavy atom. The number of carbonyl (C=O) groups is 2. The van der Waals surface area contributed by atoms with Gasteiger partial charge in [-0.05, 0) is 50.2 Å². The molecule has 33 heavy (non-hydrogen) atoms. The maximum Gasteiger partial charge on any atom is 0.263 e. The van der Waals surface area contributed by atoms with Crippen molar-refractivity contribution in [2.24, 2.45) is 5.16 Å². The first-order chi connectivity index (χ1) is 16.0. The second-order valence-corrected chi connectivity index (χ2v) is 8.43. The number of phenolic OH excluding ortho intramolecular Hbond substituents is 2. The van der Waals surface area contributed by atoms with Crippen molar-refractivity contribution in [3.05, 3.63) is 46.5 Å². The molecule has 178 valence electrons. The molecule has 2 aliphatic heterocycles. The summed E-state index contributed by atoms with van der Waals surface area (Å²) in [5.41, 5.74) is 0.612. The monoisotopic (exact) mass is 475 g/mol. The van der Waals surface area contributed by atoms with Gasteiger partial charge in [0.15, 0.2) is 6.61 Å². The van der Waals surface area contributed by atoms with E-state index in [1.807, 2.05) is 18.2 Å². The lowest BCUT2D eigenvalue weighted by molar-refractivity contribution is -0.137. The molecule has 9 heteroatoms. The normalized spacial score (nSPS) is 20.9. The topological polar surface area (TPSA) is 111 Å². The molecule has 3 N–H and O–H groups in total. The maximum absolute atomic E-state index is 12.8. The number of halogens is 1. The maximum atomic E-state index is 12.8. The predicted molar refractivity (Wildman–Crippen MR) is 127 cm³/mol. The molecule has 1 fully saturated rings. The summed E-state index contributed by atoms with van der Waals surface area (Å²) in [6.07, 6.45) is 13.0. The highest BCUT2D eigenvalue weighted by atomic mass is 35.5. The molecule has 2 amide bonds. The first-order valence-electron chi connectivity index (χ1n) is 11.3. The average molecular weight is 476 g/mol. The molecule has 2 heterocycles. The number of oxime groups is 1. The van der Waals surface area contributed by atoms with Crippen LogP contribution in [0.4, 0.5) is 0 Å². The third-order valence-electron chi connectivity index (χ3n) is 5.56. The van der Waals surface area contributed by atoms with Crippen LogP contribution in [-0.4, -0.2) is 58.9 Å². The van der Waals surface area contributed by atoms with Gasteiger partial charge < -0.3 is 25.3 Å². The summed E-state index contributed by atoms with van der Waals surface area (Å²) < 4.78 is 0. The number of carbonyl (C=O) groups excluding carboxylic acids is 2. The van der Waals surface area contributed by atoms with E-state index >= 15 is 0 Å². The van der Waals surface area contributed by atoms with Gasteiger partial charge in [0.25, 0.3) is 11.8 Å². The van der Waals surface area contributed by atoms with Gasteiger partial charge in [0, 0.05) is 32.1 Å². The lowest BCUT2D eigenvalue weighted by atomic mass is 9.98. The molecule has 0 spiro atoms. The van der Waals surface area contributed by atoms with Gasteiger partial charge in [-0.1, -0.05) is 35.0 Å². The van der Waals surface area contributed by atoms with E-state index in [1.165, 1.54) is 0 Å². The summed E-state index contributed by atoms with van der Waals surface area (Å²) in [7, 11) is 0. The van der Waals surface area contributed by atoms with Crippen LogP contribution in [0.5, 0.6) is 11.5 Å². The number of nitrogens with one attached hydrogen (secondary N) is 1. The largest absolute Gasteiger partial charge is 0.507 e. The van der Waals surface area contributed by atoms with Crippen LogP contribution in [0.25, 0.3) is 0 Å². The summed E-state index contributed by atoms with van der Waals surface area (Å²) in [4.78, 5) is 32.3. The summed E-state index contributed by atoms with van der Waals surface area (Å²) in [5.74, 6) is -1.34. The van der Waals surface area contributed by atoms with E-state index in [2.05, 4.69) is 10.5 Å². The highest BCUT2D eigenvalue weighted by molar-refractivity contribution is 6.33. The minimum atomic E-state index is -0.501. The zero-order valence-electron chi connectivity index (χ0n) is 18.6. The molecule has 2 aliphatic rings. The molecule has 0 bridgehead atoms. The number of piperidine rings is 1. The van der Waals surface area contributed by atoms with E-state index in [0.717, 1.165) is 51.3 Å². The summed E-state index contributed by atoms with van der Waals surface area (Å²) in [6.45, 7) is 1.66. The number of amides is 2. The van der Waals surface area contributed by atoms with Gasteiger partial charge >= 0.3 is 0 Å². The number of phenols is 2. The smallest absolute Gasteiger partial charge is 0.263 e. The van der Waals surface area contributed by atoms with E-state index in [0.29, 0.717) is 18.7 Å². The minimum Gasteiger partial charge on any atom is -0.507 e. The van der Waals surface area contributed by atoms with E-state index in [1.54, 1.807) is 11.0 Å².